The average Bonchev–Trinajstić information content (AvgIpc) is 3.43. The Morgan fingerprint density at radius 3 is 2.69 bits per heavy atom. The molecule has 1 fully saturated rings. The van der Waals surface area contributed by atoms with Crippen LogP contribution in [0.1, 0.15) is 44.0 Å². The van der Waals surface area contributed by atoms with Crippen molar-refractivity contribution in [2.45, 2.75) is 19.9 Å². The van der Waals surface area contributed by atoms with Crippen LogP contribution in [0.4, 0.5) is 0 Å². The first-order valence-electron chi connectivity index (χ1n) is 10.3. The Bertz CT molecular complexity index is 1150. The van der Waals surface area contributed by atoms with E-state index in [1.807, 2.05) is 42.8 Å². The molecule has 1 atom stereocenters. The van der Waals surface area contributed by atoms with Gasteiger partial charge in [0.15, 0.2) is 0 Å². The molecule has 0 bridgehead atoms. The fraction of sp³-hybridized carbons (Fsp3) is 0.348. The molecular formula is C23H26N4O5. The summed E-state index contributed by atoms with van der Waals surface area (Å²) >= 11 is 0. The van der Waals surface area contributed by atoms with Crippen molar-refractivity contribution in [3.63, 3.8) is 0 Å². The first kappa shape index (κ1) is 21.6. The maximum Gasteiger partial charge on any atom is 0.354 e. The van der Waals surface area contributed by atoms with Crippen LogP contribution < -0.4 is 4.74 Å². The van der Waals surface area contributed by atoms with E-state index >= 15 is 0 Å². The molecule has 0 aliphatic carbocycles. The second kappa shape index (κ2) is 8.88. The molecule has 2 aromatic heterocycles. The number of nitrogens with zero attached hydrogens (tertiary/aromatic N) is 3. The molecule has 168 valence electrons. The highest BCUT2D eigenvalue weighted by Gasteiger charge is 2.34. The van der Waals surface area contributed by atoms with Crippen molar-refractivity contribution in [3.8, 4) is 11.4 Å². The summed E-state index contributed by atoms with van der Waals surface area (Å²) in [5, 5.41) is 4.73. The fourth-order valence-electron chi connectivity index (χ4n) is 4.12. The molecule has 1 aliphatic rings. The van der Waals surface area contributed by atoms with Crippen molar-refractivity contribution in [2.24, 2.45) is 0 Å². The average molecular weight is 438 g/mol. The van der Waals surface area contributed by atoms with E-state index in [0.29, 0.717) is 25.5 Å². The van der Waals surface area contributed by atoms with Crippen LogP contribution in [0.2, 0.25) is 0 Å². The van der Waals surface area contributed by atoms with Crippen LogP contribution in [0, 0.1) is 13.8 Å². The summed E-state index contributed by atoms with van der Waals surface area (Å²) in [6, 6.07) is 10.5. The van der Waals surface area contributed by atoms with Crippen molar-refractivity contribution in [2.75, 3.05) is 34.0 Å². The summed E-state index contributed by atoms with van der Waals surface area (Å²) in [7, 11) is 2.93. The van der Waals surface area contributed by atoms with Crippen LogP contribution >= 0.6 is 0 Å². The molecule has 4 rings (SSSR count). The van der Waals surface area contributed by atoms with Crippen LogP contribution in [-0.4, -0.2) is 65.5 Å². The number of morpholine rings is 1. The van der Waals surface area contributed by atoms with Gasteiger partial charge in [0, 0.05) is 23.9 Å². The van der Waals surface area contributed by atoms with Crippen molar-refractivity contribution < 1.29 is 23.8 Å². The number of amides is 1. The first-order valence-corrected chi connectivity index (χ1v) is 10.3. The molecule has 1 saturated heterocycles. The molecule has 3 heterocycles. The van der Waals surface area contributed by atoms with E-state index in [9.17, 15) is 9.59 Å². The summed E-state index contributed by atoms with van der Waals surface area (Å²) in [6.45, 7) is 5.15. The van der Waals surface area contributed by atoms with E-state index in [2.05, 4.69) is 4.98 Å². The Kier molecular flexibility index (Phi) is 6.00. The lowest BCUT2D eigenvalue weighted by Gasteiger charge is -2.35. The highest BCUT2D eigenvalue weighted by molar-refractivity contribution is 5.96. The van der Waals surface area contributed by atoms with Gasteiger partial charge in [0.1, 0.15) is 17.1 Å². The van der Waals surface area contributed by atoms with Gasteiger partial charge in [-0.05, 0) is 38.1 Å². The molecule has 0 saturated carbocycles. The minimum atomic E-state index is -0.520. The molecule has 0 spiro atoms. The van der Waals surface area contributed by atoms with Crippen LogP contribution in [0.5, 0.6) is 5.75 Å². The van der Waals surface area contributed by atoms with Gasteiger partial charge >= 0.3 is 5.97 Å². The van der Waals surface area contributed by atoms with E-state index in [4.69, 9.17) is 19.3 Å². The lowest BCUT2D eigenvalue weighted by molar-refractivity contribution is -0.00331. The lowest BCUT2D eigenvalue weighted by Crippen LogP contribution is -2.44. The van der Waals surface area contributed by atoms with Gasteiger partial charge in [-0.25, -0.2) is 9.48 Å². The predicted molar refractivity (Wildman–Crippen MR) is 116 cm³/mol. The molecule has 1 unspecified atom stereocenters. The number of aromatic nitrogens is 3. The first-order chi connectivity index (χ1) is 15.4. The van der Waals surface area contributed by atoms with Crippen LogP contribution in [-0.2, 0) is 9.47 Å². The van der Waals surface area contributed by atoms with Gasteiger partial charge < -0.3 is 24.1 Å². The summed E-state index contributed by atoms with van der Waals surface area (Å²) in [5.74, 6) is 0.0118. The third-order valence-electron chi connectivity index (χ3n) is 5.69. The number of nitrogens with one attached hydrogen (secondary N) is 1. The maximum atomic E-state index is 13.3. The van der Waals surface area contributed by atoms with Crippen LogP contribution in [0.25, 0.3) is 5.69 Å². The van der Waals surface area contributed by atoms with E-state index < -0.39 is 5.97 Å². The van der Waals surface area contributed by atoms with Gasteiger partial charge in [0.2, 0.25) is 0 Å². The Balaban J connectivity index is 1.68. The zero-order valence-electron chi connectivity index (χ0n) is 18.5. The van der Waals surface area contributed by atoms with Gasteiger partial charge in [-0.15, -0.1) is 0 Å². The fourth-order valence-corrected chi connectivity index (χ4v) is 4.12. The second-order valence-electron chi connectivity index (χ2n) is 7.56. The SMILES string of the molecule is COC(=O)c1ccc(C(=O)N2CCOCC2c2c(C)nn(-c3cccc(OC)c3)c2C)[nH]1. The molecule has 9 nitrogen and oxygen atoms in total. The normalized spacial score (nSPS) is 16.1. The molecule has 3 aromatic rings. The van der Waals surface area contributed by atoms with E-state index in [1.165, 1.54) is 7.11 Å². The molecule has 9 heteroatoms. The number of carbonyl (C=O) groups is 2. The predicted octanol–water partition coefficient (Wildman–Crippen LogP) is 2.83. The monoisotopic (exact) mass is 438 g/mol. The number of aryl methyl sites for hydroxylation is 1. The standard InChI is InChI=1S/C23H26N4O5/c1-14-21(15(2)27(25-14)16-6-5-7-17(12-16)30-3)20-13-32-11-10-26(20)22(28)18-8-9-19(24-18)23(29)31-4/h5-9,12,20,24H,10-11,13H2,1-4H3. The van der Waals surface area contributed by atoms with E-state index in [-0.39, 0.29) is 17.6 Å². The van der Waals surface area contributed by atoms with Gasteiger partial charge in [0.05, 0.1) is 44.9 Å². The maximum absolute atomic E-state index is 13.3. The Morgan fingerprint density at radius 1 is 1.16 bits per heavy atom. The van der Waals surface area contributed by atoms with E-state index in [0.717, 1.165) is 28.4 Å². The van der Waals surface area contributed by atoms with E-state index in [1.54, 1.807) is 24.1 Å². The molecular weight excluding hydrogens is 412 g/mol. The summed E-state index contributed by atoms with van der Waals surface area (Å²) in [6.07, 6.45) is 0. The number of esters is 1. The van der Waals surface area contributed by atoms with Crippen molar-refractivity contribution in [1.82, 2.24) is 19.7 Å². The molecule has 1 aliphatic heterocycles. The van der Waals surface area contributed by atoms with Gasteiger partial charge in [0.25, 0.3) is 5.91 Å². The Hall–Kier alpha value is -3.59. The number of hydrogen-bond donors (Lipinski definition) is 1. The summed E-state index contributed by atoms with van der Waals surface area (Å²) < 4.78 is 17.7. The highest BCUT2D eigenvalue weighted by Crippen LogP contribution is 2.32. The lowest BCUT2D eigenvalue weighted by atomic mass is 10.0. The molecule has 32 heavy (non-hydrogen) atoms. The third-order valence-corrected chi connectivity index (χ3v) is 5.69. The minimum Gasteiger partial charge on any atom is -0.497 e. The van der Waals surface area contributed by atoms with Gasteiger partial charge in [-0.3, -0.25) is 4.79 Å². The van der Waals surface area contributed by atoms with Crippen molar-refractivity contribution in [1.29, 1.82) is 0 Å². The number of hydrogen-bond acceptors (Lipinski definition) is 6. The van der Waals surface area contributed by atoms with Gasteiger partial charge in [-0.1, -0.05) is 6.07 Å². The number of methoxy groups -OCH3 is 2. The van der Waals surface area contributed by atoms with Crippen molar-refractivity contribution >= 4 is 11.9 Å². The number of H-pyrrole nitrogens is 1. The van der Waals surface area contributed by atoms with Crippen LogP contribution in [0.3, 0.4) is 0 Å². The second-order valence-corrected chi connectivity index (χ2v) is 7.56. The van der Waals surface area contributed by atoms with Crippen LogP contribution in [0.15, 0.2) is 36.4 Å². The third kappa shape index (κ3) is 3.87. The highest BCUT2D eigenvalue weighted by atomic mass is 16.5. The molecule has 1 N–H and O–H groups in total. The number of carbonyl (C=O) groups excluding carboxylic acids is 2. The van der Waals surface area contributed by atoms with Gasteiger partial charge in [-0.2, -0.15) is 5.10 Å². The topological polar surface area (TPSA) is 98.7 Å². The number of benzene rings is 1. The molecule has 0 radical (unpaired) electrons. The minimum absolute atomic E-state index is 0.207. The largest absolute Gasteiger partial charge is 0.497 e. The Labute approximate surface area is 185 Å². The summed E-state index contributed by atoms with van der Waals surface area (Å²) in [5.41, 5.74) is 4.12. The smallest absolute Gasteiger partial charge is 0.354 e. The molecule has 1 amide bonds. The number of aromatic amines is 1. The number of ether oxygens (including phenoxy) is 3. The zero-order valence-corrected chi connectivity index (χ0v) is 18.5. The van der Waals surface area contributed by atoms with Crippen molar-refractivity contribution in [3.05, 3.63) is 64.7 Å². The summed E-state index contributed by atoms with van der Waals surface area (Å²) in [4.78, 5) is 29.7. The quantitative estimate of drug-likeness (QED) is 0.615. The Morgan fingerprint density at radius 2 is 1.94 bits per heavy atom. The molecule has 1 aromatic carbocycles. The zero-order chi connectivity index (χ0) is 22.8. The number of rotatable bonds is 5.